The first-order valence-electron chi connectivity index (χ1n) is 15.7. The van der Waals surface area contributed by atoms with E-state index in [1.807, 2.05) is 44.2 Å². The summed E-state index contributed by atoms with van der Waals surface area (Å²) < 4.78 is 16.5. The standard InChI is InChI=1S/C34H49N5O6/c1-25(2)23-30(37-31(40)27-12-15-29(16-13-27)44-22-19-39-17-20-43-21-18-39)32(41)36-28(14-11-26-9-7-6-8-10-26)24-35-38-33(42)45-34(3,4)5/h6-10,12-13,15-16,24-25,28,30H,11,14,17-23H2,1-5H3,(H,36,41)(H,37,40)(H,38,42)/b35-24+/t28-,30-/m0/s1. The van der Waals surface area contributed by atoms with Crippen molar-refractivity contribution in [2.75, 3.05) is 39.5 Å². The van der Waals surface area contributed by atoms with Gasteiger partial charge in [-0.15, -0.1) is 0 Å². The second-order valence-electron chi connectivity index (χ2n) is 12.5. The van der Waals surface area contributed by atoms with E-state index in [0.29, 0.717) is 37.2 Å². The number of hydrogen-bond acceptors (Lipinski definition) is 8. The van der Waals surface area contributed by atoms with E-state index in [4.69, 9.17) is 14.2 Å². The van der Waals surface area contributed by atoms with Gasteiger partial charge in [0.05, 0.1) is 19.3 Å². The number of hydrazone groups is 1. The zero-order chi connectivity index (χ0) is 32.7. The molecule has 3 rings (SSSR count). The molecule has 1 aliphatic rings. The highest BCUT2D eigenvalue weighted by Gasteiger charge is 2.25. The Morgan fingerprint density at radius 1 is 1.00 bits per heavy atom. The second-order valence-corrected chi connectivity index (χ2v) is 12.5. The van der Waals surface area contributed by atoms with Gasteiger partial charge in [0.15, 0.2) is 0 Å². The van der Waals surface area contributed by atoms with Gasteiger partial charge < -0.3 is 24.8 Å². The Morgan fingerprint density at radius 3 is 2.33 bits per heavy atom. The van der Waals surface area contributed by atoms with E-state index in [9.17, 15) is 14.4 Å². The largest absolute Gasteiger partial charge is 0.492 e. The highest BCUT2D eigenvalue weighted by atomic mass is 16.6. The quantitative estimate of drug-likeness (QED) is 0.201. The molecule has 0 spiro atoms. The number of morpholine rings is 1. The van der Waals surface area contributed by atoms with Gasteiger partial charge in [-0.25, -0.2) is 10.2 Å². The van der Waals surface area contributed by atoms with Crippen LogP contribution in [0.5, 0.6) is 5.75 Å². The van der Waals surface area contributed by atoms with Crippen molar-refractivity contribution in [2.45, 2.75) is 71.6 Å². The molecule has 11 nitrogen and oxygen atoms in total. The summed E-state index contributed by atoms with van der Waals surface area (Å²) in [4.78, 5) is 41.1. The number of nitrogens with one attached hydrogen (secondary N) is 3. The Hall–Kier alpha value is -3.96. The van der Waals surface area contributed by atoms with Crippen LogP contribution in [-0.4, -0.2) is 86.2 Å². The zero-order valence-electron chi connectivity index (χ0n) is 27.2. The van der Waals surface area contributed by atoms with Crippen LogP contribution in [0.25, 0.3) is 0 Å². The van der Waals surface area contributed by atoms with Crippen molar-refractivity contribution in [1.29, 1.82) is 0 Å². The summed E-state index contributed by atoms with van der Waals surface area (Å²) in [6.07, 6.45) is 2.44. The summed E-state index contributed by atoms with van der Waals surface area (Å²) in [5.74, 6) is 0.143. The second kappa shape index (κ2) is 18.1. The maximum absolute atomic E-state index is 13.5. The van der Waals surface area contributed by atoms with Crippen molar-refractivity contribution in [3.05, 3.63) is 65.7 Å². The summed E-state index contributed by atoms with van der Waals surface area (Å²) in [7, 11) is 0. The lowest BCUT2D eigenvalue weighted by Gasteiger charge is -2.26. The molecule has 1 saturated heterocycles. The zero-order valence-corrected chi connectivity index (χ0v) is 27.2. The van der Waals surface area contributed by atoms with Gasteiger partial charge >= 0.3 is 6.09 Å². The molecule has 1 fully saturated rings. The van der Waals surface area contributed by atoms with Gasteiger partial charge in [-0.05, 0) is 75.8 Å². The highest BCUT2D eigenvalue weighted by molar-refractivity contribution is 5.98. The first-order valence-corrected chi connectivity index (χ1v) is 15.7. The molecule has 246 valence electrons. The molecule has 3 N–H and O–H groups in total. The minimum Gasteiger partial charge on any atom is -0.492 e. The third kappa shape index (κ3) is 14.1. The molecule has 2 aromatic carbocycles. The lowest BCUT2D eigenvalue weighted by atomic mass is 10.0. The molecule has 0 radical (unpaired) electrons. The smallest absolute Gasteiger partial charge is 0.428 e. The van der Waals surface area contributed by atoms with Crippen LogP contribution in [0.3, 0.4) is 0 Å². The molecule has 0 unspecified atom stereocenters. The van der Waals surface area contributed by atoms with Crippen LogP contribution in [0.1, 0.15) is 63.4 Å². The predicted molar refractivity (Wildman–Crippen MR) is 174 cm³/mol. The Morgan fingerprint density at radius 2 is 1.69 bits per heavy atom. The molecule has 1 aliphatic heterocycles. The van der Waals surface area contributed by atoms with Crippen molar-refractivity contribution < 1.29 is 28.6 Å². The van der Waals surface area contributed by atoms with Crippen LogP contribution < -0.4 is 20.8 Å². The van der Waals surface area contributed by atoms with Crippen LogP contribution in [-0.2, 0) is 20.7 Å². The molecule has 2 atom stereocenters. The first-order chi connectivity index (χ1) is 21.5. The number of ether oxygens (including phenoxy) is 3. The van der Waals surface area contributed by atoms with E-state index in [1.54, 1.807) is 45.0 Å². The summed E-state index contributed by atoms with van der Waals surface area (Å²) >= 11 is 0. The van der Waals surface area contributed by atoms with Gasteiger partial charge in [0.25, 0.3) is 5.91 Å². The van der Waals surface area contributed by atoms with Crippen LogP contribution in [0.15, 0.2) is 59.7 Å². The molecule has 0 aromatic heterocycles. The number of aryl methyl sites for hydroxylation is 1. The number of hydrogen-bond donors (Lipinski definition) is 3. The lowest BCUT2D eigenvalue weighted by molar-refractivity contribution is -0.123. The molecular weight excluding hydrogens is 574 g/mol. The van der Waals surface area contributed by atoms with Gasteiger partial charge in [0.2, 0.25) is 5.91 Å². The summed E-state index contributed by atoms with van der Waals surface area (Å²) in [6.45, 7) is 13.9. The van der Waals surface area contributed by atoms with Crippen molar-refractivity contribution in [3.8, 4) is 5.75 Å². The van der Waals surface area contributed by atoms with Crippen molar-refractivity contribution in [2.24, 2.45) is 11.0 Å². The van der Waals surface area contributed by atoms with Crippen LogP contribution in [0.4, 0.5) is 4.79 Å². The van der Waals surface area contributed by atoms with Gasteiger partial charge in [-0.1, -0.05) is 44.2 Å². The fraction of sp³-hybridized carbons (Fsp3) is 0.529. The Kier molecular flexibility index (Phi) is 14.3. The molecule has 0 aliphatic carbocycles. The fourth-order valence-electron chi connectivity index (χ4n) is 4.68. The third-order valence-electron chi connectivity index (χ3n) is 6.95. The molecule has 2 aromatic rings. The van der Waals surface area contributed by atoms with Gasteiger partial charge in [-0.3, -0.25) is 14.5 Å². The Labute approximate surface area is 267 Å². The average Bonchev–Trinajstić information content (AvgIpc) is 2.99. The minimum absolute atomic E-state index is 0.147. The highest BCUT2D eigenvalue weighted by Crippen LogP contribution is 2.14. The van der Waals surface area contributed by atoms with E-state index in [0.717, 1.165) is 38.4 Å². The normalized spacial score (nSPS) is 15.3. The minimum atomic E-state index is -0.770. The molecule has 0 saturated carbocycles. The summed E-state index contributed by atoms with van der Waals surface area (Å²) in [5.41, 5.74) is 3.23. The van der Waals surface area contributed by atoms with Crippen molar-refractivity contribution >= 4 is 24.1 Å². The van der Waals surface area contributed by atoms with E-state index >= 15 is 0 Å². The lowest BCUT2D eigenvalue weighted by Crippen LogP contribution is -2.50. The van der Waals surface area contributed by atoms with E-state index in [1.165, 1.54) is 6.21 Å². The van der Waals surface area contributed by atoms with E-state index in [2.05, 4.69) is 26.1 Å². The summed E-state index contributed by atoms with van der Waals surface area (Å²) in [6, 6.07) is 15.5. The molecular formula is C34H49N5O6. The topological polar surface area (TPSA) is 131 Å². The first kappa shape index (κ1) is 35.5. The summed E-state index contributed by atoms with van der Waals surface area (Å²) in [5, 5.41) is 9.94. The number of carbonyl (C=O) groups excluding carboxylic acids is 3. The molecule has 3 amide bonds. The van der Waals surface area contributed by atoms with E-state index in [-0.39, 0.29) is 17.7 Å². The third-order valence-corrected chi connectivity index (χ3v) is 6.95. The monoisotopic (exact) mass is 623 g/mol. The number of rotatable bonds is 15. The molecule has 1 heterocycles. The van der Waals surface area contributed by atoms with Crippen LogP contribution >= 0.6 is 0 Å². The predicted octanol–water partition coefficient (Wildman–Crippen LogP) is 4.17. The number of carbonyl (C=O) groups is 3. The molecule has 0 bridgehead atoms. The molecule has 11 heteroatoms. The number of nitrogens with zero attached hydrogens (tertiary/aromatic N) is 2. The maximum Gasteiger partial charge on any atom is 0.428 e. The van der Waals surface area contributed by atoms with E-state index < -0.39 is 23.8 Å². The Balaban J connectivity index is 1.60. The fourth-order valence-corrected chi connectivity index (χ4v) is 4.68. The van der Waals surface area contributed by atoms with Gasteiger partial charge in [0, 0.05) is 31.4 Å². The SMILES string of the molecule is CC(C)C[C@H](NC(=O)c1ccc(OCCN2CCOCC2)cc1)C(=O)N[C@H](/C=N/NC(=O)OC(C)(C)C)CCc1ccccc1. The van der Waals surface area contributed by atoms with Crippen LogP contribution in [0, 0.1) is 5.92 Å². The van der Waals surface area contributed by atoms with Gasteiger partial charge in [-0.2, -0.15) is 5.10 Å². The van der Waals surface area contributed by atoms with Crippen LogP contribution in [0.2, 0.25) is 0 Å². The average molecular weight is 624 g/mol. The van der Waals surface area contributed by atoms with Gasteiger partial charge in [0.1, 0.15) is 24.0 Å². The maximum atomic E-state index is 13.5. The Bertz CT molecular complexity index is 1220. The number of benzene rings is 2. The number of amides is 3. The van der Waals surface area contributed by atoms with Crippen molar-refractivity contribution in [3.63, 3.8) is 0 Å². The van der Waals surface area contributed by atoms with Crippen molar-refractivity contribution in [1.82, 2.24) is 21.0 Å². The molecule has 45 heavy (non-hydrogen) atoms.